The van der Waals surface area contributed by atoms with E-state index in [4.69, 9.17) is 0 Å². The quantitative estimate of drug-likeness (QED) is 0.686. The Labute approximate surface area is 73.4 Å². The smallest absolute Gasteiger partial charge is 0.144 e. The molecule has 0 aliphatic carbocycles. The van der Waals surface area contributed by atoms with Crippen LogP contribution in [0.1, 0.15) is 5.56 Å². The molecule has 0 aromatic heterocycles. The van der Waals surface area contributed by atoms with Gasteiger partial charge < -0.3 is 5.32 Å². The first kappa shape index (κ1) is 9.06. The molecule has 1 aromatic carbocycles. The van der Waals surface area contributed by atoms with E-state index < -0.39 is 10.7 Å². The summed E-state index contributed by atoms with van der Waals surface area (Å²) in [5, 5.41) is 2.96. The van der Waals surface area contributed by atoms with Crippen LogP contribution in [0, 0.1) is 0 Å². The summed E-state index contributed by atoms with van der Waals surface area (Å²) in [4.78, 5) is 0. The third-order valence-electron chi connectivity index (χ3n) is 1.55. The maximum atomic E-state index is 10.3. The maximum Gasteiger partial charge on any atom is 0.144 e. The van der Waals surface area contributed by atoms with Crippen LogP contribution in [0.25, 0.3) is 0 Å². The highest BCUT2D eigenvalue weighted by atomic mass is 32.2. The van der Waals surface area contributed by atoms with Crippen molar-refractivity contribution in [2.75, 3.05) is 12.4 Å². The normalized spacial score (nSPS) is 10.2. The lowest BCUT2D eigenvalue weighted by Gasteiger charge is -1.99. The SMILES string of the molecule is CNc1ccc(C[SH](=O)=O)cc1. The first-order chi connectivity index (χ1) is 5.72. The van der Waals surface area contributed by atoms with Crippen LogP contribution in [0.4, 0.5) is 5.69 Å². The molecule has 1 aromatic rings. The van der Waals surface area contributed by atoms with E-state index in [1.807, 2.05) is 19.2 Å². The molecule has 66 valence electrons. The Bertz CT molecular complexity index is 308. The molecule has 0 aliphatic rings. The minimum atomic E-state index is -2.31. The van der Waals surface area contributed by atoms with Gasteiger partial charge in [-0.1, -0.05) is 12.1 Å². The Morgan fingerprint density at radius 2 is 1.83 bits per heavy atom. The Morgan fingerprint density at radius 3 is 2.25 bits per heavy atom. The molecule has 1 rings (SSSR count). The molecule has 0 aliphatic heterocycles. The molecule has 0 bridgehead atoms. The van der Waals surface area contributed by atoms with Crippen LogP contribution in [0.5, 0.6) is 0 Å². The fourth-order valence-corrected chi connectivity index (χ4v) is 1.43. The fourth-order valence-electron chi connectivity index (χ4n) is 0.926. The molecule has 3 nitrogen and oxygen atoms in total. The van der Waals surface area contributed by atoms with Crippen LogP contribution < -0.4 is 5.32 Å². The number of benzene rings is 1. The average Bonchev–Trinajstić information content (AvgIpc) is 2.05. The van der Waals surface area contributed by atoms with Crippen molar-refractivity contribution >= 4 is 16.4 Å². The molecule has 0 saturated carbocycles. The number of anilines is 1. The highest BCUT2D eigenvalue weighted by Crippen LogP contribution is 2.08. The minimum absolute atomic E-state index is 0.124. The summed E-state index contributed by atoms with van der Waals surface area (Å²) in [6.07, 6.45) is 0. The molecule has 12 heavy (non-hydrogen) atoms. The molecule has 4 heteroatoms. The van der Waals surface area contributed by atoms with E-state index in [1.54, 1.807) is 12.1 Å². The van der Waals surface area contributed by atoms with Gasteiger partial charge >= 0.3 is 0 Å². The molecule has 0 amide bonds. The van der Waals surface area contributed by atoms with Crippen molar-refractivity contribution in [3.8, 4) is 0 Å². The van der Waals surface area contributed by atoms with Crippen molar-refractivity contribution in [1.29, 1.82) is 0 Å². The van der Waals surface area contributed by atoms with Crippen LogP contribution in [0.2, 0.25) is 0 Å². The van der Waals surface area contributed by atoms with Gasteiger partial charge in [0, 0.05) is 12.7 Å². The number of hydrogen-bond donors (Lipinski definition) is 2. The zero-order chi connectivity index (χ0) is 8.97. The molecule has 0 heterocycles. The lowest BCUT2D eigenvalue weighted by Crippen LogP contribution is -1.89. The summed E-state index contributed by atoms with van der Waals surface area (Å²) in [6, 6.07) is 7.32. The van der Waals surface area contributed by atoms with Gasteiger partial charge in [0.2, 0.25) is 0 Å². The Balaban J connectivity index is 2.77. The standard InChI is InChI=1S/C8H11NO2S/c1-9-8-4-2-7(3-5-8)6-12(10)11/h2-5,9,12H,6H2,1H3. The number of hydrogen-bond acceptors (Lipinski definition) is 3. The molecule has 1 N–H and O–H groups in total. The van der Waals surface area contributed by atoms with Gasteiger partial charge in [0.15, 0.2) is 0 Å². The van der Waals surface area contributed by atoms with Gasteiger partial charge in [-0.2, -0.15) is 0 Å². The van der Waals surface area contributed by atoms with Gasteiger partial charge in [0.25, 0.3) is 0 Å². The van der Waals surface area contributed by atoms with Gasteiger partial charge in [0.05, 0.1) is 5.75 Å². The summed E-state index contributed by atoms with van der Waals surface area (Å²) in [7, 11) is -0.489. The third kappa shape index (κ3) is 2.54. The van der Waals surface area contributed by atoms with Crippen LogP contribution in [-0.4, -0.2) is 15.5 Å². The molecule has 0 saturated heterocycles. The van der Waals surface area contributed by atoms with E-state index in [9.17, 15) is 8.42 Å². The van der Waals surface area contributed by atoms with Crippen LogP contribution >= 0.6 is 0 Å². The van der Waals surface area contributed by atoms with Crippen molar-refractivity contribution in [2.45, 2.75) is 5.75 Å². The van der Waals surface area contributed by atoms with E-state index in [0.717, 1.165) is 11.3 Å². The fraction of sp³-hybridized carbons (Fsp3) is 0.250. The number of thiol groups is 1. The number of nitrogens with one attached hydrogen (secondary N) is 1. The van der Waals surface area contributed by atoms with E-state index in [0.29, 0.717) is 0 Å². The zero-order valence-electron chi connectivity index (χ0n) is 6.78. The Kier molecular flexibility index (Phi) is 3.10. The second-order valence-electron chi connectivity index (χ2n) is 2.44. The minimum Gasteiger partial charge on any atom is -0.388 e. The highest BCUT2D eigenvalue weighted by molar-refractivity contribution is 7.71. The van der Waals surface area contributed by atoms with Gasteiger partial charge in [-0.05, 0) is 17.7 Å². The van der Waals surface area contributed by atoms with E-state index in [2.05, 4.69) is 5.32 Å². The predicted octanol–water partition coefficient (Wildman–Crippen LogP) is 0.840. The van der Waals surface area contributed by atoms with Crippen LogP contribution in [-0.2, 0) is 16.5 Å². The first-order valence-corrected chi connectivity index (χ1v) is 4.97. The first-order valence-electron chi connectivity index (χ1n) is 3.61. The summed E-state index contributed by atoms with van der Waals surface area (Å²) >= 11 is 0. The molecule has 0 radical (unpaired) electrons. The topological polar surface area (TPSA) is 46.2 Å². The lowest BCUT2D eigenvalue weighted by atomic mass is 10.2. The summed E-state index contributed by atoms with van der Waals surface area (Å²) in [6.45, 7) is 0. The van der Waals surface area contributed by atoms with Crippen molar-refractivity contribution < 1.29 is 8.42 Å². The van der Waals surface area contributed by atoms with Gasteiger partial charge in [0.1, 0.15) is 10.7 Å². The summed E-state index contributed by atoms with van der Waals surface area (Å²) in [5.74, 6) is 0.124. The molecule has 0 atom stereocenters. The van der Waals surface area contributed by atoms with E-state index >= 15 is 0 Å². The largest absolute Gasteiger partial charge is 0.388 e. The van der Waals surface area contributed by atoms with Gasteiger partial charge in [-0.25, -0.2) is 8.42 Å². The summed E-state index contributed by atoms with van der Waals surface area (Å²) in [5.41, 5.74) is 1.81. The van der Waals surface area contributed by atoms with Crippen LogP contribution in [0.15, 0.2) is 24.3 Å². The summed E-state index contributed by atoms with van der Waals surface area (Å²) < 4.78 is 20.7. The molecular weight excluding hydrogens is 174 g/mol. The van der Waals surface area contributed by atoms with Crippen molar-refractivity contribution in [3.63, 3.8) is 0 Å². The van der Waals surface area contributed by atoms with Crippen molar-refractivity contribution in [3.05, 3.63) is 29.8 Å². The second kappa shape index (κ2) is 4.11. The molecular formula is C8H11NO2S. The number of rotatable bonds is 3. The maximum absolute atomic E-state index is 10.3. The Hall–Kier alpha value is -1.03. The third-order valence-corrected chi connectivity index (χ3v) is 2.18. The van der Waals surface area contributed by atoms with E-state index in [1.165, 1.54) is 0 Å². The second-order valence-corrected chi connectivity index (χ2v) is 3.42. The zero-order valence-corrected chi connectivity index (χ0v) is 7.67. The van der Waals surface area contributed by atoms with Gasteiger partial charge in [-0.15, -0.1) is 0 Å². The van der Waals surface area contributed by atoms with Crippen molar-refractivity contribution in [1.82, 2.24) is 0 Å². The molecule has 0 fully saturated rings. The highest BCUT2D eigenvalue weighted by Gasteiger charge is 1.93. The van der Waals surface area contributed by atoms with E-state index in [-0.39, 0.29) is 5.75 Å². The van der Waals surface area contributed by atoms with Crippen molar-refractivity contribution in [2.24, 2.45) is 0 Å². The monoisotopic (exact) mass is 185 g/mol. The molecule has 0 unspecified atom stereocenters. The average molecular weight is 185 g/mol. The molecule has 0 spiro atoms. The predicted molar refractivity (Wildman–Crippen MR) is 50.0 cm³/mol. The lowest BCUT2D eigenvalue weighted by molar-refractivity contribution is 0.614. The van der Waals surface area contributed by atoms with Gasteiger partial charge in [-0.3, -0.25) is 0 Å². The Morgan fingerprint density at radius 1 is 1.25 bits per heavy atom. The van der Waals surface area contributed by atoms with Crippen LogP contribution in [0.3, 0.4) is 0 Å².